The first-order valence-corrected chi connectivity index (χ1v) is 9.99. The quantitative estimate of drug-likeness (QED) is 0.659. The van der Waals surface area contributed by atoms with Crippen LogP contribution >= 0.6 is 0 Å². The second kappa shape index (κ2) is 7.69. The van der Waals surface area contributed by atoms with Crippen LogP contribution in [0, 0.1) is 12.3 Å². The van der Waals surface area contributed by atoms with Crippen molar-refractivity contribution in [2.45, 2.75) is 56.9 Å². The number of fused-ring (bicyclic) bond motifs is 2. The number of amides is 1. The number of nitrogens with zero attached hydrogens (tertiary/aromatic N) is 3. The SMILES string of the molecule is Cc1cc(C(F)(F)F)cc(NC(=O)[C@@]2(Cc3cn(C)nc3C(F)(F)F)C[C@H]3O[C@@H]2C[C@@H]3O)n1. The lowest BCUT2D eigenvalue weighted by molar-refractivity contribution is -0.143. The van der Waals surface area contributed by atoms with E-state index in [-0.39, 0.29) is 29.9 Å². The smallest absolute Gasteiger partial charge is 0.390 e. The number of alkyl halides is 6. The molecule has 2 fully saturated rings. The van der Waals surface area contributed by atoms with Crippen LogP contribution in [0.1, 0.15) is 35.4 Å². The van der Waals surface area contributed by atoms with E-state index in [0.29, 0.717) is 6.07 Å². The number of aliphatic hydroxyl groups is 1. The van der Waals surface area contributed by atoms with Crippen LogP contribution in [0.5, 0.6) is 0 Å². The number of nitrogens with one attached hydrogen (secondary N) is 1. The summed E-state index contributed by atoms with van der Waals surface area (Å²) >= 11 is 0. The van der Waals surface area contributed by atoms with Crippen LogP contribution in [-0.2, 0) is 35.4 Å². The van der Waals surface area contributed by atoms with Crippen LogP contribution in [0.3, 0.4) is 0 Å². The summed E-state index contributed by atoms with van der Waals surface area (Å²) in [6.07, 6.45) is -11.4. The van der Waals surface area contributed by atoms with Gasteiger partial charge in [-0.2, -0.15) is 31.4 Å². The summed E-state index contributed by atoms with van der Waals surface area (Å²) < 4.78 is 86.6. The number of carbonyl (C=O) groups excluding carboxylic acids is 1. The van der Waals surface area contributed by atoms with Crippen molar-refractivity contribution >= 4 is 11.7 Å². The maximum atomic E-state index is 13.5. The van der Waals surface area contributed by atoms with Crippen molar-refractivity contribution in [3.8, 4) is 0 Å². The highest BCUT2D eigenvalue weighted by atomic mass is 19.4. The van der Waals surface area contributed by atoms with Crippen LogP contribution < -0.4 is 5.32 Å². The third kappa shape index (κ3) is 4.31. The van der Waals surface area contributed by atoms with E-state index in [9.17, 15) is 36.2 Å². The lowest BCUT2D eigenvalue weighted by Gasteiger charge is -2.35. The highest BCUT2D eigenvalue weighted by Crippen LogP contribution is 2.51. The molecule has 33 heavy (non-hydrogen) atoms. The summed E-state index contributed by atoms with van der Waals surface area (Å²) in [5.74, 6) is -1.21. The summed E-state index contributed by atoms with van der Waals surface area (Å²) in [5.41, 5.74) is -3.99. The number of pyridine rings is 1. The van der Waals surface area contributed by atoms with Gasteiger partial charge in [-0.05, 0) is 31.9 Å². The number of aromatic nitrogens is 3. The number of hydrogen-bond acceptors (Lipinski definition) is 5. The van der Waals surface area contributed by atoms with Gasteiger partial charge in [0.2, 0.25) is 5.91 Å². The molecule has 13 heteroatoms. The molecular weight excluding hydrogens is 458 g/mol. The van der Waals surface area contributed by atoms with Crippen molar-refractivity contribution in [3.63, 3.8) is 0 Å². The topological polar surface area (TPSA) is 89.3 Å². The van der Waals surface area contributed by atoms with E-state index in [1.165, 1.54) is 14.0 Å². The maximum absolute atomic E-state index is 13.5. The summed E-state index contributed by atoms with van der Waals surface area (Å²) in [4.78, 5) is 17.3. The summed E-state index contributed by atoms with van der Waals surface area (Å²) in [6.45, 7) is 1.32. The summed E-state index contributed by atoms with van der Waals surface area (Å²) in [5, 5.41) is 15.8. The molecule has 0 spiro atoms. The lowest BCUT2D eigenvalue weighted by Crippen LogP contribution is -2.48. The molecular formula is C20H20F6N4O3. The van der Waals surface area contributed by atoms with Crippen molar-refractivity contribution in [2.24, 2.45) is 12.5 Å². The maximum Gasteiger partial charge on any atom is 0.435 e. The van der Waals surface area contributed by atoms with E-state index in [1.54, 1.807) is 0 Å². The van der Waals surface area contributed by atoms with Crippen LogP contribution in [0.15, 0.2) is 18.3 Å². The van der Waals surface area contributed by atoms with Gasteiger partial charge in [-0.25, -0.2) is 4.98 Å². The summed E-state index contributed by atoms with van der Waals surface area (Å²) in [7, 11) is 1.31. The third-order valence-corrected chi connectivity index (χ3v) is 6.06. The molecule has 0 saturated carbocycles. The van der Waals surface area contributed by atoms with Crippen LogP contribution in [0.25, 0.3) is 0 Å². The van der Waals surface area contributed by atoms with Gasteiger partial charge in [0, 0.05) is 30.9 Å². The van der Waals surface area contributed by atoms with Gasteiger partial charge in [0.1, 0.15) is 5.82 Å². The number of rotatable bonds is 4. The molecule has 2 N–H and O–H groups in total. The molecule has 7 nitrogen and oxygen atoms in total. The number of aryl methyl sites for hydroxylation is 2. The lowest BCUT2D eigenvalue weighted by atomic mass is 9.68. The van der Waals surface area contributed by atoms with Crippen LogP contribution in [-0.4, -0.2) is 44.1 Å². The fourth-order valence-corrected chi connectivity index (χ4v) is 4.65. The van der Waals surface area contributed by atoms with Gasteiger partial charge in [-0.1, -0.05) is 0 Å². The zero-order chi connectivity index (χ0) is 24.3. The van der Waals surface area contributed by atoms with Crippen molar-refractivity contribution in [1.82, 2.24) is 14.8 Å². The molecule has 2 aliphatic heterocycles. The van der Waals surface area contributed by atoms with Crippen LogP contribution in [0.2, 0.25) is 0 Å². The first-order valence-electron chi connectivity index (χ1n) is 9.99. The molecule has 4 heterocycles. The highest BCUT2D eigenvalue weighted by Gasteiger charge is 2.60. The highest BCUT2D eigenvalue weighted by molar-refractivity contribution is 5.96. The molecule has 2 saturated heterocycles. The molecule has 4 rings (SSSR count). The average Bonchev–Trinajstić information content (AvgIpc) is 3.33. The minimum Gasteiger partial charge on any atom is -0.390 e. The first-order chi connectivity index (χ1) is 15.2. The second-order valence-electron chi connectivity index (χ2n) is 8.51. The average molecular weight is 478 g/mol. The fourth-order valence-electron chi connectivity index (χ4n) is 4.65. The molecule has 2 bridgehead atoms. The Morgan fingerprint density at radius 3 is 2.52 bits per heavy atom. The number of halogens is 6. The Labute approximate surface area is 183 Å². The Kier molecular flexibility index (Phi) is 5.47. The second-order valence-corrected chi connectivity index (χ2v) is 8.51. The standard InChI is InChI=1S/C20H20F6N4O3/c1-9-3-11(19(21,22)23)4-15(27-9)28-17(32)18(7-13-12(31)5-14(18)33-13)6-10-8-30(2)29-16(10)20(24,25)26/h3-4,8,12-14,31H,5-7H2,1-2H3,(H,27,28,32)/t12-,13+,14+,18-/m0/s1. The predicted octanol–water partition coefficient (Wildman–Crippen LogP) is 3.25. The molecule has 1 amide bonds. The van der Waals surface area contributed by atoms with E-state index in [4.69, 9.17) is 4.74 Å². The third-order valence-electron chi connectivity index (χ3n) is 6.06. The normalized spacial score (nSPS) is 27.2. The number of aliphatic hydroxyl groups excluding tert-OH is 1. The van der Waals surface area contributed by atoms with Crippen molar-refractivity contribution in [1.29, 1.82) is 0 Å². The largest absolute Gasteiger partial charge is 0.435 e. The molecule has 2 aromatic rings. The van der Waals surface area contributed by atoms with Crippen molar-refractivity contribution < 1.29 is 41.0 Å². The molecule has 0 unspecified atom stereocenters. The Bertz CT molecular complexity index is 1080. The molecule has 2 aromatic heterocycles. The Hall–Kier alpha value is -2.67. The molecule has 0 aromatic carbocycles. The Balaban J connectivity index is 1.70. The van der Waals surface area contributed by atoms with Crippen molar-refractivity contribution in [2.75, 3.05) is 5.32 Å². The zero-order valence-corrected chi connectivity index (χ0v) is 17.5. The summed E-state index contributed by atoms with van der Waals surface area (Å²) in [6, 6.07) is 1.47. The molecule has 180 valence electrons. The van der Waals surface area contributed by atoms with Gasteiger partial charge in [-0.15, -0.1) is 0 Å². The molecule has 2 aliphatic rings. The van der Waals surface area contributed by atoms with E-state index < -0.39 is 59.7 Å². The molecule has 0 aliphatic carbocycles. The van der Waals surface area contributed by atoms with E-state index in [2.05, 4.69) is 15.4 Å². The van der Waals surface area contributed by atoms with E-state index in [1.807, 2.05) is 0 Å². The van der Waals surface area contributed by atoms with Gasteiger partial charge in [0.15, 0.2) is 5.69 Å². The minimum absolute atomic E-state index is 0.000377. The number of anilines is 1. The monoisotopic (exact) mass is 478 g/mol. The molecule has 4 atom stereocenters. The minimum atomic E-state index is -4.77. The van der Waals surface area contributed by atoms with Gasteiger partial charge in [-0.3, -0.25) is 9.48 Å². The van der Waals surface area contributed by atoms with Gasteiger partial charge >= 0.3 is 12.4 Å². The number of ether oxygens (including phenoxy) is 1. The Morgan fingerprint density at radius 2 is 1.97 bits per heavy atom. The molecule has 0 radical (unpaired) electrons. The fraction of sp³-hybridized carbons (Fsp3) is 0.550. The van der Waals surface area contributed by atoms with Crippen LogP contribution in [0.4, 0.5) is 32.2 Å². The van der Waals surface area contributed by atoms with Gasteiger partial charge in [0.25, 0.3) is 0 Å². The zero-order valence-electron chi connectivity index (χ0n) is 17.5. The van der Waals surface area contributed by atoms with Gasteiger partial charge < -0.3 is 15.2 Å². The number of carbonyl (C=O) groups is 1. The van der Waals surface area contributed by atoms with Gasteiger partial charge in [0.05, 0.1) is 29.3 Å². The number of hydrogen-bond donors (Lipinski definition) is 2. The Morgan fingerprint density at radius 1 is 1.27 bits per heavy atom. The van der Waals surface area contributed by atoms with Crippen molar-refractivity contribution in [3.05, 3.63) is 40.8 Å². The van der Waals surface area contributed by atoms with E-state index >= 15 is 0 Å². The van der Waals surface area contributed by atoms with E-state index in [0.717, 1.165) is 16.9 Å². The predicted molar refractivity (Wildman–Crippen MR) is 101 cm³/mol. The first kappa shape index (κ1) is 23.5.